The minimum absolute atomic E-state index is 0.0422. The highest BCUT2D eigenvalue weighted by Gasteiger charge is 2.21. The van der Waals surface area contributed by atoms with E-state index in [1.165, 1.54) is 12.1 Å². The molecule has 21 heavy (non-hydrogen) atoms. The molecule has 0 saturated heterocycles. The van der Waals surface area contributed by atoms with Crippen LogP contribution < -0.4 is 5.32 Å². The smallest absolute Gasteiger partial charge is 0.220 e. The van der Waals surface area contributed by atoms with Crippen LogP contribution in [0.4, 0.5) is 4.39 Å². The fourth-order valence-electron chi connectivity index (χ4n) is 2.21. The summed E-state index contributed by atoms with van der Waals surface area (Å²) < 4.78 is 12.8. The first-order valence-electron chi connectivity index (χ1n) is 7.25. The van der Waals surface area contributed by atoms with Crippen molar-refractivity contribution in [1.82, 2.24) is 5.32 Å². The predicted octanol–water partition coefficient (Wildman–Crippen LogP) is 2.68. The second-order valence-electron chi connectivity index (χ2n) is 5.79. The predicted molar refractivity (Wildman–Crippen MR) is 79.5 cm³/mol. The maximum absolute atomic E-state index is 12.8. The van der Waals surface area contributed by atoms with Gasteiger partial charge in [0.15, 0.2) is 0 Å². The molecule has 0 fully saturated rings. The summed E-state index contributed by atoms with van der Waals surface area (Å²) in [6.07, 6.45) is 1.77. The monoisotopic (exact) mass is 292 g/mol. The van der Waals surface area contributed by atoms with E-state index >= 15 is 0 Å². The number of oxime groups is 1. The molecule has 0 aliphatic carbocycles. The number of benzene rings is 1. The highest BCUT2D eigenvalue weighted by Crippen LogP contribution is 2.14. The van der Waals surface area contributed by atoms with E-state index in [-0.39, 0.29) is 17.8 Å². The summed E-state index contributed by atoms with van der Waals surface area (Å²) in [6, 6.07) is 6.37. The lowest BCUT2D eigenvalue weighted by Gasteiger charge is -2.10. The van der Waals surface area contributed by atoms with Crippen LogP contribution in [-0.2, 0) is 16.1 Å². The summed E-state index contributed by atoms with van der Waals surface area (Å²) in [5, 5.41) is 6.91. The molecule has 1 aliphatic rings. The van der Waals surface area contributed by atoms with Crippen LogP contribution in [0.2, 0.25) is 0 Å². The molecule has 2 rings (SSSR count). The van der Waals surface area contributed by atoms with Crippen molar-refractivity contribution in [2.45, 2.75) is 39.2 Å². The third-order valence-corrected chi connectivity index (χ3v) is 3.24. The van der Waals surface area contributed by atoms with Gasteiger partial charge in [-0.2, -0.15) is 0 Å². The molecule has 0 spiro atoms. The fourth-order valence-corrected chi connectivity index (χ4v) is 2.21. The summed E-state index contributed by atoms with van der Waals surface area (Å²) in [5.41, 5.74) is 1.92. The van der Waals surface area contributed by atoms with Gasteiger partial charge in [-0.1, -0.05) is 31.1 Å². The Morgan fingerprint density at radius 3 is 2.81 bits per heavy atom. The first kappa shape index (κ1) is 15.5. The zero-order valence-corrected chi connectivity index (χ0v) is 12.4. The molecule has 0 bridgehead atoms. The second kappa shape index (κ2) is 7.20. The van der Waals surface area contributed by atoms with Crippen LogP contribution in [0.25, 0.3) is 0 Å². The molecular weight excluding hydrogens is 271 g/mol. The zero-order valence-electron chi connectivity index (χ0n) is 12.4. The maximum atomic E-state index is 12.8. The van der Waals surface area contributed by atoms with Crippen LogP contribution in [0, 0.1) is 11.7 Å². The lowest BCUT2D eigenvalue weighted by atomic mass is 10.0. The molecule has 5 heteroatoms. The van der Waals surface area contributed by atoms with Gasteiger partial charge in [0.25, 0.3) is 0 Å². The number of rotatable bonds is 6. The second-order valence-corrected chi connectivity index (χ2v) is 5.79. The normalized spacial score (nSPS) is 17.5. The van der Waals surface area contributed by atoms with Crippen molar-refractivity contribution in [3.8, 4) is 0 Å². The maximum Gasteiger partial charge on any atom is 0.220 e. The Kier molecular flexibility index (Phi) is 5.31. The van der Waals surface area contributed by atoms with Gasteiger partial charge in [-0.15, -0.1) is 0 Å². The molecule has 1 amide bonds. The zero-order chi connectivity index (χ0) is 15.2. The molecule has 0 aromatic heterocycles. The molecule has 0 radical (unpaired) electrons. The van der Waals surface area contributed by atoms with Crippen LogP contribution in [0.15, 0.2) is 29.4 Å². The Morgan fingerprint density at radius 1 is 1.43 bits per heavy atom. The number of nitrogens with zero attached hydrogens (tertiary/aromatic N) is 1. The molecule has 1 N–H and O–H groups in total. The standard InChI is InChI=1S/C16H21FN2O2/c1-11(2)7-16(20)18-10-15-9-14(19-21-15)8-12-3-5-13(17)6-4-12/h3-6,11,15H,7-10H2,1-2H3,(H,18,20)/t15-/m0/s1. The summed E-state index contributed by atoms with van der Waals surface area (Å²) >= 11 is 0. The molecule has 1 aromatic carbocycles. The molecule has 1 aliphatic heterocycles. The lowest BCUT2D eigenvalue weighted by Crippen LogP contribution is -2.32. The van der Waals surface area contributed by atoms with Crippen LogP contribution in [-0.4, -0.2) is 24.3 Å². The van der Waals surface area contributed by atoms with Gasteiger partial charge in [0.1, 0.15) is 11.9 Å². The fraction of sp³-hybridized carbons (Fsp3) is 0.500. The largest absolute Gasteiger partial charge is 0.390 e. The van der Waals surface area contributed by atoms with Gasteiger partial charge >= 0.3 is 0 Å². The van der Waals surface area contributed by atoms with E-state index in [1.807, 2.05) is 13.8 Å². The topological polar surface area (TPSA) is 50.7 Å². The van der Waals surface area contributed by atoms with Crippen LogP contribution in [0.3, 0.4) is 0 Å². The Bertz CT molecular complexity index is 512. The number of halogens is 1. The van der Waals surface area contributed by atoms with Crippen molar-refractivity contribution < 1.29 is 14.0 Å². The SMILES string of the molecule is CC(C)CC(=O)NC[C@@H]1CC(Cc2ccc(F)cc2)=NO1. The van der Waals surface area contributed by atoms with E-state index < -0.39 is 0 Å². The van der Waals surface area contributed by atoms with E-state index in [9.17, 15) is 9.18 Å². The van der Waals surface area contributed by atoms with Crippen molar-refractivity contribution in [3.05, 3.63) is 35.6 Å². The lowest BCUT2D eigenvalue weighted by molar-refractivity contribution is -0.122. The molecule has 114 valence electrons. The number of hydrogen-bond acceptors (Lipinski definition) is 3. The Hall–Kier alpha value is -1.91. The van der Waals surface area contributed by atoms with Crippen LogP contribution in [0.5, 0.6) is 0 Å². The van der Waals surface area contributed by atoms with E-state index in [0.717, 1.165) is 11.3 Å². The summed E-state index contributed by atoms with van der Waals surface area (Å²) in [5.74, 6) is 0.148. The van der Waals surface area contributed by atoms with Crippen LogP contribution in [0.1, 0.15) is 32.3 Å². The number of hydrogen-bond donors (Lipinski definition) is 1. The van der Waals surface area contributed by atoms with E-state index in [4.69, 9.17) is 4.84 Å². The quantitative estimate of drug-likeness (QED) is 0.876. The Labute approximate surface area is 124 Å². The van der Waals surface area contributed by atoms with E-state index in [0.29, 0.717) is 31.7 Å². The van der Waals surface area contributed by atoms with Crippen molar-refractivity contribution in [2.24, 2.45) is 11.1 Å². The van der Waals surface area contributed by atoms with Crippen molar-refractivity contribution in [1.29, 1.82) is 0 Å². The molecule has 1 atom stereocenters. The van der Waals surface area contributed by atoms with Crippen LogP contribution >= 0.6 is 0 Å². The third-order valence-electron chi connectivity index (χ3n) is 3.24. The number of nitrogens with one attached hydrogen (secondary N) is 1. The first-order chi connectivity index (χ1) is 10.0. The van der Waals surface area contributed by atoms with Gasteiger partial charge in [-0.25, -0.2) is 4.39 Å². The molecular formula is C16H21FN2O2. The summed E-state index contributed by atoms with van der Waals surface area (Å²) in [7, 11) is 0. The molecule has 4 nitrogen and oxygen atoms in total. The average Bonchev–Trinajstić information content (AvgIpc) is 2.86. The van der Waals surface area contributed by atoms with Gasteiger partial charge in [0.05, 0.1) is 12.3 Å². The van der Waals surface area contributed by atoms with Gasteiger partial charge in [-0.05, 0) is 23.6 Å². The first-order valence-corrected chi connectivity index (χ1v) is 7.25. The Morgan fingerprint density at radius 2 is 2.14 bits per heavy atom. The average molecular weight is 292 g/mol. The highest BCUT2D eigenvalue weighted by atomic mass is 19.1. The third kappa shape index (κ3) is 5.17. The minimum Gasteiger partial charge on any atom is -0.390 e. The van der Waals surface area contributed by atoms with Crippen molar-refractivity contribution in [3.63, 3.8) is 0 Å². The minimum atomic E-state index is -0.242. The number of carbonyl (C=O) groups is 1. The number of amides is 1. The molecule has 1 aromatic rings. The molecule has 1 heterocycles. The Balaban J connectivity index is 1.73. The van der Waals surface area contributed by atoms with Gasteiger partial charge < -0.3 is 10.2 Å². The van der Waals surface area contributed by atoms with Gasteiger partial charge in [0.2, 0.25) is 5.91 Å². The summed E-state index contributed by atoms with van der Waals surface area (Å²) in [6.45, 7) is 4.49. The number of carbonyl (C=O) groups excluding carboxylic acids is 1. The molecule has 0 unspecified atom stereocenters. The van der Waals surface area contributed by atoms with Gasteiger partial charge in [0, 0.05) is 19.3 Å². The van der Waals surface area contributed by atoms with E-state index in [2.05, 4.69) is 10.5 Å². The van der Waals surface area contributed by atoms with Crippen molar-refractivity contribution >= 4 is 11.6 Å². The van der Waals surface area contributed by atoms with Crippen molar-refractivity contribution in [2.75, 3.05) is 6.54 Å². The molecule has 0 saturated carbocycles. The highest BCUT2D eigenvalue weighted by molar-refractivity contribution is 5.87. The van der Waals surface area contributed by atoms with Gasteiger partial charge in [-0.3, -0.25) is 4.79 Å². The summed E-state index contributed by atoms with van der Waals surface area (Å²) in [4.78, 5) is 16.9. The van der Waals surface area contributed by atoms with E-state index in [1.54, 1.807) is 12.1 Å².